The van der Waals surface area contributed by atoms with E-state index in [-0.39, 0.29) is 0 Å². The Morgan fingerprint density at radius 1 is 1.16 bits per heavy atom. The van der Waals surface area contributed by atoms with Gasteiger partial charge in [-0.3, -0.25) is 0 Å². The molecule has 0 radical (unpaired) electrons. The SMILES string of the molecule is CC/C(N)=C/c1ccc(Oc2ccccc2)cc1Br. The largest absolute Gasteiger partial charge is 0.457 e. The van der Waals surface area contributed by atoms with Gasteiger partial charge in [-0.2, -0.15) is 0 Å². The summed E-state index contributed by atoms with van der Waals surface area (Å²) < 4.78 is 6.73. The van der Waals surface area contributed by atoms with Gasteiger partial charge in [0.15, 0.2) is 0 Å². The first-order valence-electron chi connectivity index (χ1n) is 6.17. The molecule has 2 rings (SSSR count). The molecule has 0 saturated heterocycles. The monoisotopic (exact) mass is 317 g/mol. The molecule has 19 heavy (non-hydrogen) atoms. The van der Waals surface area contributed by atoms with Gasteiger partial charge in [-0.25, -0.2) is 0 Å². The standard InChI is InChI=1S/C16H16BrNO/c1-2-13(18)10-12-8-9-15(11-16(12)17)19-14-6-4-3-5-7-14/h3-11H,2,18H2,1H3/b13-10-. The molecule has 0 aliphatic rings. The van der Waals surface area contributed by atoms with Crippen LogP contribution < -0.4 is 10.5 Å². The van der Waals surface area contributed by atoms with E-state index in [2.05, 4.69) is 15.9 Å². The first-order chi connectivity index (χ1) is 9.19. The second kappa shape index (κ2) is 6.43. The summed E-state index contributed by atoms with van der Waals surface area (Å²) >= 11 is 3.54. The molecule has 0 heterocycles. The smallest absolute Gasteiger partial charge is 0.128 e. The Labute approximate surface area is 122 Å². The zero-order valence-electron chi connectivity index (χ0n) is 10.8. The molecular formula is C16H16BrNO. The third-order valence-electron chi connectivity index (χ3n) is 2.70. The van der Waals surface area contributed by atoms with Crippen molar-refractivity contribution in [1.82, 2.24) is 0 Å². The second-order valence-corrected chi connectivity index (χ2v) is 5.03. The summed E-state index contributed by atoms with van der Waals surface area (Å²) in [6.07, 6.45) is 2.81. The van der Waals surface area contributed by atoms with Crippen molar-refractivity contribution in [3.8, 4) is 11.5 Å². The lowest BCUT2D eigenvalue weighted by Crippen LogP contribution is -1.94. The van der Waals surface area contributed by atoms with Gasteiger partial charge in [0.1, 0.15) is 11.5 Å². The third-order valence-corrected chi connectivity index (χ3v) is 3.39. The number of hydrogen-bond acceptors (Lipinski definition) is 2. The van der Waals surface area contributed by atoms with Crippen LogP contribution in [0.1, 0.15) is 18.9 Å². The molecule has 2 nitrogen and oxygen atoms in total. The highest BCUT2D eigenvalue weighted by molar-refractivity contribution is 9.10. The van der Waals surface area contributed by atoms with E-state index in [1.54, 1.807) is 0 Å². The van der Waals surface area contributed by atoms with E-state index in [0.29, 0.717) is 0 Å². The van der Waals surface area contributed by atoms with E-state index in [1.807, 2.05) is 61.5 Å². The van der Waals surface area contributed by atoms with Crippen LogP contribution in [-0.4, -0.2) is 0 Å². The van der Waals surface area contributed by atoms with Gasteiger partial charge in [0.2, 0.25) is 0 Å². The molecule has 0 amide bonds. The summed E-state index contributed by atoms with van der Waals surface area (Å²) in [4.78, 5) is 0. The van der Waals surface area contributed by atoms with Crippen molar-refractivity contribution in [2.75, 3.05) is 0 Å². The highest BCUT2D eigenvalue weighted by Gasteiger charge is 2.02. The Balaban J connectivity index is 2.20. The summed E-state index contributed by atoms with van der Waals surface area (Å²) in [6.45, 7) is 2.03. The van der Waals surface area contributed by atoms with Crippen molar-refractivity contribution in [3.63, 3.8) is 0 Å². The summed E-state index contributed by atoms with van der Waals surface area (Å²) in [5.74, 6) is 1.62. The number of halogens is 1. The van der Waals surface area contributed by atoms with Crippen molar-refractivity contribution < 1.29 is 4.74 Å². The van der Waals surface area contributed by atoms with Crippen LogP contribution in [0.4, 0.5) is 0 Å². The molecule has 0 spiro atoms. The van der Waals surface area contributed by atoms with E-state index < -0.39 is 0 Å². The Morgan fingerprint density at radius 3 is 2.53 bits per heavy atom. The van der Waals surface area contributed by atoms with Crippen LogP contribution in [0.3, 0.4) is 0 Å². The number of ether oxygens (including phenoxy) is 1. The summed E-state index contributed by atoms with van der Waals surface area (Å²) in [5, 5.41) is 0. The molecule has 0 bridgehead atoms. The van der Waals surface area contributed by atoms with Crippen LogP contribution in [0.5, 0.6) is 11.5 Å². The van der Waals surface area contributed by atoms with Gasteiger partial charge in [-0.05, 0) is 42.3 Å². The van der Waals surface area contributed by atoms with Crippen LogP contribution >= 0.6 is 15.9 Å². The molecule has 0 aromatic heterocycles. The summed E-state index contributed by atoms with van der Waals surface area (Å²) in [5.41, 5.74) is 7.76. The molecule has 2 N–H and O–H groups in total. The maximum absolute atomic E-state index is 5.84. The molecule has 0 fully saturated rings. The van der Waals surface area contributed by atoms with Gasteiger partial charge in [-0.15, -0.1) is 0 Å². The van der Waals surface area contributed by atoms with E-state index in [1.165, 1.54) is 0 Å². The van der Waals surface area contributed by atoms with Crippen LogP contribution in [-0.2, 0) is 0 Å². The highest BCUT2D eigenvalue weighted by atomic mass is 79.9. The maximum Gasteiger partial charge on any atom is 0.128 e. The summed E-state index contributed by atoms with van der Waals surface area (Å²) in [6, 6.07) is 15.6. The van der Waals surface area contributed by atoms with Gasteiger partial charge in [-0.1, -0.05) is 47.1 Å². The molecule has 2 aromatic carbocycles. The topological polar surface area (TPSA) is 35.2 Å². The lowest BCUT2D eigenvalue weighted by atomic mass is 10.1. The van der Waals surface area contributed by atoms with E-state index >= 15 is 0 Å². The Bertz CT molecular complexity index is 579. The average molecular weight is 318 g/mol. The predicted molar refractivity (Wildman–Crippen MR) is 83.1 cm³/mol. The fraction of sp³-hybridized carbons (Fsp3) is 0.125. The van der Waals surface area contributed by atoms with Crippen LogP contribution in [0, 0.1) is 0 Å². The number of hydrogen-bond donors (Lipinski definition) is 1. The number of rotatable bonds is 4. The van der Waals surface area contributed by atoms with Gasteiger partial charge >= 0.3 is 0 Å². The van der Waals surface area contributed by atoms with Crippen molar-refractivity contribution in [2.45, 2.75) is 13.3 Å². The lowest BCUT2D eigenvalue weighted by molar-refractivity contribution is 0.482. The molecular weight excluding hydrogens is 302 g/mol. The Hall–Kier alpha value is -1.74. The van der Waals surface area contributed by atoms with Crippen molar-refractivity contribution in [1.29, 1.82) is 0 Å². The van der Waals surface area contributed by atoms with Crippen molar-refractivity contribution in [3.05, 3.63) is 64.3 Å². The van der Waals surface area contributed by atoms with Crippen LogP contribution in [0.15, 0.2) is 58.7 Å². The Morgan fingerprint density at radius 2 is 1.89 bits per heavy atom. The van der Waals surface area contributed by atoms with Crippen molar-refractivity contribution in [2.24, 2.45) is 5.73 Å². The number of para-hydroxylation sites is 1. The van der Waals surface area contributed by atoms with Gasteiger partial charge in [0, 0.05) is 10.2 Å². The summed E-state index contributed by atoms with van der Waals surface area (Å²) in [7, 11) is 0. The minimum absolute atomic E-state index is 0.797. The van der Waals surface area contributed by atoms with Crippen molar-refractivity contribution >= 4 is 22.0 Å². The first kappa shape index (κ1) is 13.7. The quantitative estimate of drug-likeness (QED) is 0.865. The van der Waals surface area contributed by atoms with E-state index in [4.69, 9.17) is 10.5 Å². The molecule has 2 aromatic rings. The zero-order valence-corrected chi connectivity index (χ0v) is 12.4. The first-order valence-corrected chi connectivity index (χ1v) is 6.97. The number of nitrogens with two attached hydrogens (primary N) is 1. The zero-order chi connectivity index (χ0) is 13.7. The molecule has 0 saturated carbocycles. The molecule has 0 unspecified atom stereocenters. The fourth-order valence-electron chi connectivity index (χ4n) is 1.61. The molecule has 0 aliphatic heterocycles. The lowest BCUT2D eigenvalue weighted by Gasteiger charge is -2.07. The van der Waals surface area contributed by atoms with Crippen LogP contribution in [0.2, 0.25) is 0 Å². The molecule has 0 atom stereocenters. The highest BCUT2D eigenvalue weighted by Crippen LogP contribution is 2.28. The normalized spacial score (nSPS) is 11.4. The fourth-order valence-corrected chi connectivity index (χ4v) is 2.09. The van der Waals surface area contributed by atoms with E-state index in [0.717, 1.165) is 33.7 Å². The Kier molecular flexibility index (Phi) is 4.63. The van der Waals surface area contributed by atoms with Crippen LogP contribution in [0.25, 0.3) is 6.08 Å². The van der Waals surface area contributed by atoms with Gasteiger partial charge in [0.05, 0.1) is 0 Å². The maximum atomic E-state index is 5.84. The molecule has 98 valence electrons. The van der Waals surface area contributed by atoms with E-state index in [9.17, 15) is 0 Å². The number of benzene rings is 2. The average Bonchev–Trinajstić information content (AvgIpc) is 2.43. The molecule has 3 heteroatoms. The van der Waals surface area contributed by atoms with Gasteiger partial charge < -0.3 is 10.5 Å². The predicted octanol–water partition coefficient (Wildman–Crippen LogP) is 4.95. The molecule has 0 aliphatic carbocycles. The minimum atomic E-state index is 0.797. The number of allylic oxidation sites excluding steroid dienone is 1. The second-order valence-electron chi connectivity index (χ2n) is 4.17. The van der Waals surface area contributed by atoms with Gasteiger partial charge in [0.25, 0.3) is 0 Å². The minimum Gasteiger partial charge on any atom is -0.457 e. The third kappa shape index (κ3) is 3.86.